The molecule has 5 heteroatoms. The van der Waals surface area contributed by atoms with Gasteiger partial charge in [-0.1, -0.05) is 0 Å². The zero-order valence-electron chi connectivity index (χ0n) is 11.9. The Hall–Kier alpha value is -1.88. The summed E-state index contributed by atoms with van der Waals surface area (Å²) in [5.74, 6) is 1.40. The number of carbonyl (C=O) groups excluding carboxylic acids is 1. The van der Waals surface area contributed by atoms with Gasteiger partial charge in [-0.3, -0.25) is 4.79 Å². The number of aromatic nitrogens is 1. The van der Waals surface area contributed by atoms with Gasteiger partial charge in [-0.2, -0.15) is 0 Å². The smallest absolute Gasteiger partial charge is 0.225 e. The van der Waals surface area contributed by atoms with E-state index in [1.807, 2.05) is 18.2 Å². The molecular formula is C16H19N3O2. The van der Waals surface area contributed by atoms with Crippen molar-refractivity contribution < 1.29 is 9.21 Å². The highest BCUT2D eigenvalue weighted by Gasteiger charge is 2.28. The number of hydrogen-bond donors (Lipinski definition) is 2. The highest BCUT2D eigenvalue weighted by Crippen LogP contribution is 2.40. The highest BCUT2D eigenvalue weighted by atomic mass is 16.3. The second-order valence-corrected chi connectivity index (χ2v) is 6.05. The average molecular weight is 285 g/mol. The third kappa shape index (κ3) is 2.78. The Balaban J connectivity index is 1.46. The summed E-state index contributed by atoms with van der Waals surface area (Å²) < 4.78 is 5.73. The minimum Gasteiger partial charge on any atom is -0.440 e. The van der Waals surface area contributed by atoms with Crippen molar-refractivity contribution in [2.75, 3.05) is 11.9 Å². The Morgan fingerprint density at radius 1 is 1.38 bits per heavy atom. The number of nitrogens with one attached hydrogen (secondary N) is 2. The summed E-state index contributed by atoms with van der Waals surface area (Å²) in [6.07, 6.45) is 5.12. The number of fused-ring (bicyclic) bond motifs is 1. The van der Waals surface area contributed by atoms with Gasteiger partial charge in [0.15, 0.2) is 11.5 Å². The van der Waals surface area contributed by atoms with Crippen LogP contribution >= 0.6 is 0 Å². The summed E-state index contributed by atoms with van der Waals surface area (Å²) in [6, 6.07) is 5.98. The lowest BCUT2D eigenvalue weighted by Crippen LogP contribution is -2.27. The predicted molar refractivity (Wildman–Crippen MR) is 80.3 cm³/mol. The van der Waals surface area contributed by atoms with Crippen LogP contribution in [0.1, 0.15) is 43.9 Å². The van der Waals surface area contributed by atoms with Crippen molar-refractivity contribution in [1.82, 2.24) is 10.3 Å². The Bertz CT molecular complexity index is 669. The molecule has 0 spiro atoms. The Morgan fingerprint density at radius 2 is 2.29 bits per heavy atom. The molecule has 1 saturated carbocycles. The first-order valence-electron chi connectivity index (χ1n) is 7.72. The minimum absolute atomic E-state index is 0.0552. The Kier molecular flexibility index (Phi) is 3.15. The van der Waals surface area contributed by atoms with Crippen LogP contribution in [-0.2, 0) is 4.79 Å². The second kappa shape index (κ2) is 5.15. The van der Waals surface area contributed by atoms with Crippen LogP contribution in [0, 0.1) is 0 Å². The number of anilines is 1. The minimum atomic E-state index is 0.0552. The van der Waals surface area contributed by atoms with Gasteiger partial charge in [-0.05, 0) is 50.4 Å². The molecule has 1 atom stereocenters. The molecule has 2 fully saturated rings. The molecular weight excluding hydrogens is 266 g/mol. The molecule has 110 valence electrons. The molecule has 1 unspecified atom stereocenters. The number of carbonyl (C=O) groups is 1. The fourth-order valence-electron chi connectivity index (χ4n) is 2.89. The molecule has 1 amide bonds. The fraction of sp³-hybridized carbons (Fsp3) is 0.500. The number of amides is 1. The van der Waals surface area contributed by atoms with E-state index in [4.69, 9.17) is 4.42 Å². The Morgan fingerprint density at radius 3 is 3.05 bits per heavy atom. The second-order valence-electron chi connectivity index (χ2n) is 6.05. The van der Waals surface area contributed by atoms with E-state index in [1.165, 1.54) is 12.8 Å². The van der Waals surface area contributed by atoms with E-state index in [0.717, 1.165) is 42.1 Å². The molecule has 1 aliphatic carbocycles. The van der Waals surface area contributed by atoms with Crippen molar-refractivity contribution in [3.8, 4) is 0 Å². The number of oxazole rings is 1. The van der Waals surface area contributed by atoms with E-state index >= 15 is 0 Å². The average Bonchev–Trinajstić information content (AvgIpc) is 3.03. The van der Waals surface area contributed by atoms with Gasteiger partial charge in [0, 0.05) is 24.1 Å². The number of nitrogens with zero attached hydrogens (tertiary/aromatic N) is 1. The lowest BCUT2D eigenvalue weighted by molar-refractivity contribution is -0.116. The van der Waals surface area contributed by atoms with Gasteiger partial charge in [0.05, 0.1) is 0 Å². The molecule has 1 aliphatic heterocycles. The molecule has 21 heavy (non-hydrogen) atoms. The van der Waals surface area contributed by atoms with Crippen molar-refractivity contribution in [1.29, 1.82) is 0 Å². The molecule has 5 nitrogen and oxygen atoms in total. The monoisotopic (exact) mass is 285 g/mol. The molecule has 2 aliphatic rings. The highest BCUT2D eigenvalue weighted by molar-refractivity contribution is 5.93. The van der Waals surface area contributed by atoms with E-state index in [0.29, 0.717) is 18.4 Å². The first-order chi connectivity index (χ1) is 10.3. The molecule has 2 heterocycles. The van der Waals surface area contributed by atoms with E-state index in [9.17, 15) is 4.79 Å². The van der Waals surface area contributed by atoms with Crippen LogP contribution in [0.15, 0.2) is 22.6 Å². The van der Waals surface area contributed by atoms with Crippen molar-refractivity contribution in [3.05, 3.63) is 24.1 Å². The SMILES string of the molecule is O=C(CC1CCCN1)Nc1ccc2oc(C3CC3)nc2c1. The molecule has 2 aromatic rings. The van der Waals surface area contributed by atoms with Gasteiger partial charge >= 0.3 is 0 Å². The molecule has 1 saturated heterocycles. The summed E-state index contributed by atoms with van der Waals surface area (Å²) in [5.41, 5.74) is 2.42. The quantitative estimate of drug-likeness (QED) is 0.906. The maximum absolute atomic E-state index is 12.0. The van der Waals surface area contributed by atoms with Gasteiger partial charge in [0.2, 0.25) is 5.91 Å². The molecule has 0 radical (unpaired) electrons. The van der Waals surface area contributed by atoms with Gasteiger partial charge in [-0.15, -0.1) is 0 Å². The van der Waals surface area contributed by atoms with Crippen LogP contribution in [0.5, 0.6) is 0 Å². The van der Waals surface area contributed by atoms with E-state index in [2.05, 4.69) is 15.6 Å². The van der Waals surface area contributed by atoms with Crippen molar-refractivity contribution in [3.63, 3.8) is 0 Å². The van der Waals surface area contributed by atoms with Crippen LogP contribution in [0.4, 0.5) is 5.69 Å². The molecule has 1 aromatic heterocycles. The van der Waals surface area contributed by atoms with E-state index < -0.39 is 0 Å². The van der Waals surface area contributed by atoms with E-state index in [-0.39, 0.29) is 5.91 Å². The van der Waals surface area contributed by atoms with Crippen molar-refractivity contribution in [2.45, 2.75) is 44.1 Å². The maximum Gasteiger partial charge on any atom is 0.225 e. The van der Waals surface area contributed by atoms with Crippen molar-refractivity contribution >= 4 is 22.7 Å². The first-order valence-corrected chi connectivity index (χ1v) is 7.72. The van der Waals surface area contributed by atoms with Crippen LogP contribution in [0.25, 0.3) is 11.1 Å². The first kappa shape index (κ1) is 12.8. The number of hydrogen-bond acceptors (Lipinski definition) is 4. The van der Waals surface area contributed by atoms with Crippen LogP contribution in [0.2, 0.25) is 0 Å². The molecule has 4 rings (SSSR count). The predicted octanol–water partition coefficient (Wildman–Crippen LogP) is 2.79. The largest absolute Gasteiger partial charge is 0.440 e. The van der Waals surface area contributed by atoms with Gasteiger partial charge in [0.25, 0.3) is 0 Å². The molecule has 1 aromatic carbocycles. The van der Waals surface area contributed by atoms with E-state index in [1.54, 1.807) is 0 Å². The zero-order valence-corrected chi connectivity index (χ0v) is 11.9. The lowest BCUT2D eigenvalue weighted by atomic mass is 10.1. The summed E-state index contributed by atoms with van der Waals surface area (Å²) in [5, 5.41) is 6.29. The number of benzene rings is 1. The number of rotatable bonds is 4. The van der Waals surface area contributed by atoms with Gasteiger partial charge in [0.1, 0.15) is 5.52 Å². The third-order valence-corrected chi connectivity index (χ3v) is 4.21. The molecule has 2 N–H and O–H groups in total. The summed E-state index contributed by atoms with van der Waals surface area (Å²) in [6.45, 7) is 1.02. The van der Waals surface area contributed by atoms with Crippen molar-refractivity contribution in [2.24, 2.45) is 0 Å². The third-order valence-electron chi connectivity index (χ3n) is 4.21. The molecule has 0 bridgehead atoms. The van der Waals surface area contributed by atoms with Gasteiger partial charge in [-0.25, -0.2) is 4.98 Å². The normalized spacial score (nSPS) is 21.8. The van der Waals surface area contributed by atoms with Crippen LogP contribution in [-0.4, -0.2) is 23.5 Å². The Labute approximate surface area is 123 Å². The van der Waals surface area contributed by atoms with Crippen LogP contribution < -0.4 is 10.6 Å². The maximum atomic E-state index is 12.0. The fourth-order valence-corrected chi connectivity index (χ4v) is 2.89. The summed E-state index contributed by atoms with van der Waals surface area (Å²) >= 11 is 0. The van der Waals surface area contributed by atoms with Gasteiger partial charge < -0.3 is 15.1 Å². The van der Waals surface area contributed by atoms with Crippen LogP contribution in [0.3, 0.4) is 0 Å². The standard InChI is InChI=1S/C16H19N3O2/c20-15(9-11-2-1-7-17-11)18-12-5-6-14-13(8-12)19-16(21-14)10-3-4-10/h5-6,8,10-11,17H,1-4,7,9H2,(H,18,20). The summed E-state index contributed by atoms with van der Waals surface area (Å²) in [4.78, 5) is 16.5. The topological polar surface area (TPSA) is 67.2 Å². The summed E-state index contributed by atoms with van der Waals surface area (Å²) in [7, 11) is 0. The lowest BCUT2D eigenvalue weighted by Gasteiger charge is -2.10. The zero-order chi connectivity index (χ0) is 14.2.